The molecule has 2 aromatic carbocycles. The molecular weight excluding hydrogens is 498 g/mol. The molecule has 170 valence electrons. The first-order valence-electron chi connectivity index (χ1n) is 11.2. The van der Waals surface area contributed by atoms with Gasteiger partial charge in [0, 0.05) is 17.6 Å². The smallest absolute Gasteiger partial charge is 0.274 e. The highest BCUT2D eigenvalue weighted by Crippen LogP contribution is 2.50. The molecule has 0 radical (unpaired) electrons. The number of halogens is 1. The molecule has 33 heavy (non-hydrogen) atoms. The van der Waals surface area contributed by atoms with E-state index in [2.05, 4.69) is 45.3 Å². The molecular formula is C26H26BrN3O2S. The minimum absolute atomic E-state index is 0.00222. The second-order valence-corrected chi connectivity index (χ2v) is 11.1. The van der Waals surface area contributed by atoms with Gasteiger partial charge in [-0.2, -0.15) is 0 Å². The number of piperidine rings is 1. The normalized spacial score (nSPS) is 21.1. The third kappa shape index (κ3) is 4.24. The third-order valence-electron chi connectivity index (χ3n) is 6.69. The van der Waals surface area contributed by atoms with Crippen molar-refractivity contribution in [2.75, 3.05) is 13.1 Å². The number of fused-ring (bicyclic) bond motifs is 1. The molecule has 2 heterocycles. The van der Waals surface area contributed by atoms with Gasteiger partial charge in [-0.05, 0) is 72.2 Å². The van der Waals surface area contributed by atoms with Gasteiger partial charge in [0.15, 0.2) is 0 Å². The Morgan fingerprint density at radius 3 is 2.76 bits per heavy atom. The first-order valence-corrected chi connectivity index (χ1v) is 12.8. The van der Waals surface area contributed by atoms with E-state index in [0.29, 0.717) is 29.6 Å². The monoisotopic (exact) mass is 523 g/mol. The number of amides is 2. The summed E-state index contributed by atoms with van der Waals surface area (Å²) in [6.45, 7) is 7.16. The summed E-state index contributed by atoms with van der Waals surface area (Å²) in [7, 11) is 0. The number of benzene rings is 2. The molecule has 1 saturated carbocycles. The standard InChI is InChI=1S/C26H26BrN3O2S/c1-14-6-4-8-17(10-14)24-23(29-16(3)33-24)26(32)30-13-18-11-20(18)21(30)12-28-25(31)19-9-5-7-15(2)22(19)27/h4-10,18,20-21H,11-13H2,1-3H3,(H,28,31). The molecule has 0 bridgehead atoms. The third-order valence-corrected chi connectivity index (χ3v) is 8.76. The van der Waals surface area contributed by atoms with Crippen molar-refractivity contribution >= 4 is 39.1 Å². The summed E-state index contributed by atoms with van der Waals surface area (Å²) < 4.78 is 0.812. The van der Waals surface area contributed by atoms with E-state index < -0.39 is 0 Å². The quantitative estimate of drug-likeness (QED) is 0.487. The number of likely N-dealkylation sites (tertiary alicyclic amines) is 1. The second kappa shape index (κ2) is 8.69. The Labute approximate surface area is 206 Å². The second-order valence-electron chi connectivity index (χ2n) is 9.11. The molecule has 3 unspecified atom stereocenters. The number of nitrogens with one attached hydrogen (secondary N) is 1. The summed E-state index contributed by atoms with van der Waals surface area (Å²) >= 11 is 5.09. The number of carbonyl (C=O) groups excluding carboxylic acids is 2. The van der Waals surface area contributed by atoms with Gasteiger partial charge >= 0.3 is 0 Å². The number of hydrogen-bond donors (Lipinski definition) is 1. The van der Waals surface area contributed by atoms with Crippen molar-refractivity contribution in [3.8, 4) is 10.4 Å². The molecule has 7 heteroatoms. The topological polar surface area (TPSA) is 62.3 Å². The Morgan fingerprint density at radius 2 is 1.97 bits per heavy atom. The molecule has 2 amide bonds. The zero-order valence-electron chi connectivity index (χ0n) is 18.9. The molecule has 1 aliphatic carbocycles. The van der Waals surface area contributed by atoms with Crippen LogP contribution in [0.2, 0.25) is 0 Å². The Bertz CT molecular complexity index is 1250. The van der Waals surface area contributed by atoms with Crippen LogP contribution in [0.5, 0.6) is 0 Å². The van der Waals surface area contributed by atoms with Gasteiger partial charge in [-0.15, -0.1) is 11.3 Å². The van der Waals surface area contributed by atoms with E-state index in [1.54, 1.807) is 11.3 Å². The maximum atomic E-state index is 13.7. The fraction of sp³-hybridized carbons (Fsp3) is 0.346. The van der Waals surface area contributed by atoms with Crippen LogP contribution in [0.1, 0.15) is 43.4 Å². The van der Waals surface area contributed by atoms with E-state index in [1.807, 2.05) is 49.1 Å². The molecule has 1 N–H and O–H groups in total. The molecule has 5 rings (SSSR count). The Morgan fingerprint density at radius 1 is 1.18 bits per heavy atom. The molecule has 3 atom stereocenters. The van der Waals surface area contributed by atoms with Crippen LogP contribution in [-0.2, 0) is 0 Å². The number of aromatic nitrogens is 1. The van der Waals surface area contributed by atoms with Gasteiger partial charge in [-0.1, -0.05) is 42.0 Å². The minimum Gasteiger partial charge on any atom is -0.350 e. The van der Waals surface area contributed by atoms with Crippen LogP contribution >= 0.6 is 27.3 Å². The van der Waals surface area contributed by atoms with Gasteiger partial charge in [0.05, 0.1) is 21.5 Å². The van der Waals surface area contributed by atoms with E-state index in [-0.39, 0.29) is 17.9 Å². The van der Waals surface area contributed by atoms with Gasteiger partial charge in [-0.25, -0.2) is 4.98 Å². The van der Waals surface area contributed by atoms with Crippen LogP contribution in [-0.4, -0.2) is 40.8 Å². The van der Waals surface area contributed by atoms with E-state index >= 15 is 0 Å². The van der Waals surface area contributed by atoms with E-state index in [9.17, 15) is 9.59 Å². The van der Waals surface area contributed by atoms with Crippen LogP contribution in [0.3, 0.4) is 0 Å². The SMILES string of the molecule is Cc1cccc(-c2sc(C)nc2C(=O)N2CC3CC3C2CNC(=O)c2cccc(C)c2Br)c1. The number of aryl methyl sites for hydroxylation is 3. The molecule has 2 aliphatic rings. The van der Waals surface area contributed by atoms with Gasteiger partial charge in [0.1, 0.15) is 5.69 Å². The van der Waals surface area contributed by atoms with Crippen LogP contribution < -0.4 is 5.32 Å². The lowest BCUT2D eigenvalue weighted by Gasteiger charge is -2.27. The minimum atomic E-state index is -0.118. The van der Waals surface area contributed by atoms with Crippen molar-refractivity contribution in [1.82, 2.24) is 15.2 Å². The zero-order valence-corrected chi connectivity index (χ0v) is 21.3. The number of thiazole rings is 1. The predicted octanol–water partition coefficient (Wildman–Crippen LogP) is 5.39. The van der Waals surface area contributed by atoms with Crippen molar-refractivity contribution in [2.45, 2.75) is 33.2 Å². The molecule has 2 fully saturated rings. The van der Waals surface area contributed by atoms with E-state index in [1.165, 1.54) is 0 Å². The average Bonchev–Trinajstić information content (AvgIpc) is 3.30. The highest BCUT2D eigenvalue weighted by molar-refractivity contribution is 9.10. The summed E-state index contributed by atoms with van der Waals surface area (Å²) in [6, 6.07) is 13.9. The number of carbonyl (C=O) groups is 2. The first kappa shape index (κ1) is 22.3. The number of nitrogens with zero attached hydrogens (tertiary/aromatic N) is 2. The van der Waals surface area contributed by atoms with E-state index in [0.717, 1.165) is 44.0 Å². The molecule has 3 aromatic rings. The first-order chi connectivity index (χ1) is 15.8. The Balaban J connectivity index is 1.36. The predicted molar refractivity (Wildman–Crippen MR) is 135 cm³/mol. The van der Waals surface area contributed by atoms with Gasteiger partial charge in [-0.3, -0.25) is 9.59 Å². The van der Waals surface area contributed by atoms with E-state index in [4.69, 9.17) is 0 Å². The summed E-state index contributed by atoms with van der Waals surface area (Å²) in [4.78, 5) is 34.0. The van der Waals surface area contributed by atoms with Crippen molar-refractivity contribution in [2.24, 2.45) is 11.8 Å². The van der Waals surface area contributed by atoms with Crippen LogP contribution in [0.25, 0.3) is 10.4 Å². The van der Waals surface area contributed by atoms with Crippen molar-refractivity contribution < 1.29 is 9.59 Å². The summed E-state index contributed by atoms with van der Waals surface area (Å²) in [5.74, 6) is 0.840. The number of hydrogen-bond acceptors (Lipinski definition) is 4. The summed E-state index contributed by atoms with van der Waals surface area (Å²) in [5, 5.41) is 3.96. The highest BCUT2D eigenvalue weighted by atomic mass is 79.9. The van der Waals surface area contributed by atoms with Crippen molar-refractivity contribution in [1.29, 1.82) is 0 Å². The van der Waals surface area contributed by atoms with Crippen LogP contribution in [0, 0.1) is 32.6 Å². The highest BCUT2D eigenvalue weighted by Gasteiger charge is 2.54. The average molecular weight is 524 g/mol. The maximum Gasteiger partial charge on any atom is 0.274 e. The Kier molecular flexibility index (Phi) is 5.87. The largest absolute Gasteiger partial charge is 0.350 e. The lowest BCUT2D eigenvalue weighted by molar-refractivity contribution is 0.0690. The fourth-order valence-electron chi connectivity index (χ4n) is 4.87. The zero-order chi connectivity index (χ0) is 23.3. The Hall–Kier alpha value is -2.51. The molecule has 5 nitrogen and oxygen atoms in total. The lowest BCUT2D eigenvalue weighted by Crippen LogP contribution is -2.45. The lowest BCUT2D eigenvalue weighted by atomic mass is 10.1. The number of rotatable bonds is 5. The van der Waals surface area contributed by atoms with Gasteiger partial charge in [0.25, 0.3) is 11.8 Å². The summed E-state index contributed by atoms with van der Waals surface area (Å²) in [6.07, 6.45) is 1.12. The van der Waals surface area contributed by atoms with Gasteiger partial charge in [0.2, 0.25) is 0 Å². The van der Waals surface area contributed by atoms with Crippen molar-refractivity contribution in [3.05, 3.63) is 74.3 Å². The van der Waals surface area contributed by atoms with Crippen molar-refractivity contribution in [3.63, 3.8) is 0 Å². The summed E-state index contributed by atoms with van der Waals surface area (Å²) in [5.41, 5.74) is 4.35. The van der Waals surface area contributed by atoms with Crippen LogP contribution in [0.15, 0.2) is 46.9 Å². The van der Waals surface area contributed by atoms with Gasteiger partial charge < -0.3 is 10.2 Å². The fourth-order valence-corrected chi connectivity index (χ4v) is 6.22. The molecule has 0 spiro atoms. The molecule has 1 aliphatic heterocycles. The van der Waals surface area contributed by atoms with Crippen LogP contribution in [0.4, 0.5) is 0 Å². The maximum absolute atomic E-state index is 13.7. The molecule has 1 saturated heterocycles. The molecule has 1 aromatic heterocycles.